The summed E-state index contributed by atoms with van der Waals surface area (Å²) >= 11 is 0. The molecule has 109 heavy (non-hydrogen) atoms. The molecular formula is C98H105N9O2. The second-order valence-corrected chi connectivity index (χ2v) is 38.3. The summed E-state index contributed by atoms with van der Waals surface area (Å²) in [6.45, 7) is 38.7. The monoisotopic (exact) mass is 1440 g/mol. The van der Waals surface area contributed by atoms with E-state index in [1.54, 1.807) is 0 Å². The van der Waals surface area contributed by atoms with Gasteiger partial charge < -0.3 is 4.42 Å². The third-order valence-corrected chi connectivity index (χ3v) is 28.2. The number of allylic oxidation sites excluding steroid dienone is 1. The van der Waals surface area contributed by atoms with E-state index in [0.29, 0.717) is 24.3 Å². The third-order valence-electron chi connectivity index (χ3n) is 28.2. The Bertz CT molecular complexity index is 5890. The van der Waals surface area contributed by atoms with Crippen molar-refractivity contribution >= 4 is 60.4 Å². The zero-order valence-corrected chi connectivity index (χ0v) is 66.7. The van der Waals surface area contributed by atoms with E-state index in [4.69, 9.17) is 34.7 Å². The van der Waals surface area contributed by atoms with Crippen molar-refractivity contribution in [3.63, 3.8) is 0 Å². The van der Waals surface area contributed by atoms with E-state index in [2.05, 4.69) is 249 Å². The van der Waals surface area contributed by atoms with Crippen LogP contribution in [0.2, 0.25) is 0 Å². The Hall–Kier alpha value is -9.48. The van der Waals surface area contributed by atoms with Crippen LogP contribution in [0, 0.1) is 50.2 Å². The highest BCUT2D eigenvalue weighted by Crippen LogP contribution is 2.84. The lowest BCUT2D eigenvalue weighted by atomic mass is 9.30. The summed E-state index contributed by atoms with van der Waals surface area (Å²) < 4.78 is 11.7. The highest BCUT2D eigenvalue weighted by molar-refractivity contribution is 6.22. The standard InChI is InChI=1S/C98H105N9O2/c1-16-41-93-51-89(8,9)53-94(42-17-2,54-90(10,11)52-93)97(93)75-46-65(85-103-105-87-74-49-71-67-25-21-23-27-77(67)106-60(7)102-104-86(106)73(71)48-72(74)68-26-22-24-28-78(68)107(85)87)37-39-69(75)81-83(97)101-82-70-40-38-66(88-99-50-80(109-88)64-35-33-63(34-36-64)62-31-29-61(30-32-62)45-79(108)59(6)20-5)47-76(70)98(84(82)100-81)95(43-18-3)55-91(12,13)57-96(98,44-19-4)58-92(14,15)56-95/h21-40,46-50H,6,16-20,41-45,51-58H2,1-5,7-15H3. The second kappa shape index (κ2) is 24.0. The molecule has 11 nitrogen and oxygen atoms in total. The minimum atomic E-state index is -0.506. The van der Waals surface area contributed by atoms with Crippen molar-refractivity contribution in [1.82, 2.24) is 44.1 Å². The number of oxazole rings is 1. The van der Waals surface area contributed by atoms with Crippen molar-refractivity contribution in [2.75, 3.05) is 0 Å². The number of benzene rings is 7. The van der Waals surface area contributed by atoms with Crippen LogP contribution in [-0.2, 0) is 22.0 Å². The fraction of sp³-hybridized carbons (Fsp3) is 0.429. The van der Waals surface area contributed by atoms with Gasteiger partial charge in [-0.1, -0.05) is 225 Å². The fourth-order valence-electron chi connectivity index (χ4n) is 27.1. The third kappa shape index (κ3) is 9.71. The summed E-state index contributed by atoms with van der Waals surface area (Å²) in [6, 6.07) is 54.0. The van der Waals surface area contributed by atoms with Crippen LogP contribution in [0.3, 0.4) is 0 Å². The molecule has 11 heteroatoms. The van der Waals surface area contributed by atoms with Gasteiger partial charge in [-0.3, -0.25) is 13.6 Å². The van der Waals surface area contributed by atoms with E-state index in [1.807, 2.05) is 20.0 Å². The van der Waals surface area contributed by atoms with Crippen LogP contribution in [0.15, 0.2) is 168 Å². The molecule has 554 valence electrons. The average Bonchev–Trinajstić information content (AvgIpc) is 1.50. The predicted octanol–water partition coefficient (Wildman–Crippen LogP) is 25.2. The van der Waals surface area contributed by atoms with Gasteiger partial charge in [-0.15, -0.1) is 20.4 Å². The largest absolute Gasteiger partial charge is 0.436 e. The molecule has 6 aliphatic rings. The molecule has 13 aromatic rings. The van der Waals surface area contributed by atoms with Crippen molar-refractivity contribution in [3.8, 4) is 67.8 Å². The Kier molecular flexibility index (Phi) is 15.4. The fourth-order valence-corrected chi connectivity index (χ4v) is 27.1. The van der Waals surface area contributed by atoms with Crippen LogP contribution < -0.4 is 0 Å². The van der Waals surface area contributed by atoms with E-state index in [-0.39, 0.29) is 49.1 Å². The molecule has 2 spiro atoms. The number of hydrogen-bond donors (Lipinski definition) is 0. The Morgan fingerprint density at radius 3 is 1.34 bits per heavy atom. The maximum Gasteiger partial charge on any atom is 0.226 e. The number of para-hydroxylation sites is 2. The van der Waals surface area contributed by atoms with Gasteiger partial charge in [-0.05, 0) is 220 Å². The average molecular weight is 1440 g/mol. The van der Waals surface area contributed by atoms with Gasteiger partial charge in [0.1, 0.15) is 5.82 Å². The number of pyridine rings is 2. The van der Waals surface area contributed by atoms with Crippen LogP contribution in [0.25, 0.3) is 122 Å². The Labute approximate surface area is 642 Å². The molecule has 4 saturated carbocycles. The first-order valence-electron chi connectivity index (χ1n) is 41.1. The minimum absolute atomic E-state index is 0.0737. The van der Waals surface area contributed by atoms with E-state index >= 15 is 0 Å². The molecule has 6 aromatic heterocycles. The van der Waals surface area contributed by atoms with Crippen molar-refractivity contribution in [3.05, 3.63) is 198 Å². The van der Waals surface area contributed by atoms with Crippen molar-refractivity contribution in [2.45, 2.75) is 223 Å². The summed E-state index contributed by atoms with van der Waals surface area (Å²) in [6.07, 6.45) is 20.4. The quantitative estimate of drug-likeness (QED) is 0.0527. The lowest BCUT2D eigenvalue weighted by molar-refractivity contribution is -0.180. The number of aromatic nitrogens is 9. The molecule has 19 rings (SSSR count). The Balaban J connectivity index is 0.838. The minimum Gasteiger partial charge on any atom is -0.436 e. The molecule has 7 aromatic carbocycles. The van der Waals surface area contributed by atoms with Crippen molar-refractivity contribution in [2.24, 2.45) is 43.3 Å². The normalized spacial score (nSPS) is 25.1. The van der Waals surface area contributed by atoms with Gasteiger partial charge in [0.05, 0.1) is 50.8 Å². The first-order valence-corrected chi connectivity index (χ1v) is 41.1. The maximum absolute atomic E-state index is 12.8. The molecule has 4 fully saturated rings. The lowest BCUT2D eigenvalue weighted by Gasteiger charge is -2.73. The van der Waals surface area contributed by atoms with Crippen LogP contribution in [0.5, 0.6) is 0 Å². The number of aryl methyl sites for hydroxylation is 1. The number of rotatable bonds is 16. The molecule has 0 aliphatic heterocycles. The molecule has 6 aliphatic carbocycles. The molecule has 0 saturated heterocycles. The summed E-state index contributed by atoms with van der Waals surface area (Å²) in [5.74, 6) is 3.17. The van der Waals surface area contributed by atoms with Crippen LogP contribution in [0.1, 0.15) is 233 Å². The van der Waals surface area contributed by atoms with Crippen LogP contribution >= 0.6 is 0 Å². The van der Waals surface area contributed by atoms with E-state index in [9.17, 15) is 4.79 Å². The number of fused-ring (bicyclic) bond motifs is 18. The van der Waals surface area contributed by atoms with E-state index < -0.39 is 10.8 Å². The summed E-state index contributed by atoms with van der Waals surface area (Å²) in [7, 11) is 0. The van der Waals surface area contributed by atoms with Crippen LogP contribution in [0.4, 0.5) is 0 Å². The van der Waals surface area contributed by atoms with Gasteiger partial charge in [-0.25, -0.2) is 15.0 Å². The van der Waals surface area contributed by atoms with Gasteiger partial charge >= 0.3 is 0 Å². The number of Topliss-reactive ketones (excluding diaryl/α,β-unsaturated/α-hetero) is 1. The summed E-state index contributed by atoms with van der Waals surface area (Å²) in [5, 5.41) is 26.9. The van der Waals surface area contributed by atoms with Gasteiger partial charge in [0.15, 0.2) is 28.7 Å². The number of carbonyl (C=O) groups excluding carboxylic acids is 1. The molecule has 0 atom stereocenters. The molecule has 0 radical (unpaired) electrons. The number of nitrogens with zero attached hydrogens (tertiary/aromatic N) is 9. The first-order chi connectivity index (χ1) is 52.2. The maximum atomic E-state index is 12.8. The number of carbonyl (C=O) groups is 1. The lowest BCUT2D eigenvalue weighted by Crippen LogP contribution is -2.68. The first kappa shape index (κ1) is 69.9. The number of hydrogen-bond acceptors (Lipinski definition) is 9. The highest BCUT2D eigenvalue weighted by Gasteiger charge is 2.78. The topological polar surface area (TPSA) is 129 Å². The molecule has 6 heterocycles. The van der Waals surface area contributed by atoms with Crippen molar-refractivity contribution in [1.29, 1.82) is 0 Å². The number of ketones is 1. The Morgan fingerprint density at radius 2 is 0.862 bits per heavy atom. The summed E-state index contributed by atoms with van der Waals surface area (Å²) in [5.41, 5.74) is 19.4. The van der Waals surface area contributed by atoms with Crippen molar-refractivity contribution < 1.29 is 9.21 Å². The highest BCUT2D eigenvalue weighted by atomic mass is 16.4. The Morgan fingerprint density at radius 1 is 0.450 bits per heavy atom. The SMILES string of the molecule is C=C(CC)C(=O)Cc1ccc(-c2ccc(-c3cnc(-c4ccc5c(c4)C4(c6nc7c(nc6-5)C5(c6cc(-c8nnc9c%10cc%11c%12ccccc%12n%12c(C)nnc%12c%11cc%10c%10ccccc%10n89)ccc6-7)C6(CCC)CC(C)(C)CC5(CCC)CC(C)(C)C6)C5(CCC)CC(C)(C)CC4(CCC)CC(C)(C)C5)o3)cc2)cc1. The molecule has 4 bridgehead atoms. The smallest absolute Gasteiger partial charge is 0.226 e. The van der Waals surface area contributed by atoms with Crippen LogP contribution in [-0.4, -0.2) is 49.9 Å². The van der Waals surface area contributed by atoms with E-state index in [1.165, 1.54) is 33.6 Å². The van der Waals surface area contributed by atoms with Gasteiger partial charge in [-0.2, -0.15) is 0 Å². The molecular weight excluding hydrogens is 1340 g/mol. The molecule has 0 unspecified atom stereocenters. The molecule has 0 N–H and O–H groups in total. The van der Waals surface area contributed by atoms with Gasteiger partial charge in [0.2, 0.25) is 5.89 Å². The second-order valence-electron chi connectivity index (χ2n) is 38.3. The van der Waals surface area contributed by atoms with E-state index in [0.717, 1.165) is 220 Å². The predicted molar refractivity (Wildman–Crippen MR) is 444 cm³/mol. The summed E-state index contributed by atoms with van der Waals surface area (Å²) in [4.78, 5) is 31.7. The molecule has 0 amide bonds. The van der Waals surface area contributed by atoms with Gasteiger partial charge in [0.25, 0.3) is 0 Å². The zero-order valence-electron chi connectivity index (χ0n) is 66.7. The van der Waals surface area contributed by atoms with Gasteiger partial charge in [0, 0.05) is 55.8 Å². The zero-order chi connectivity index (χ0) is 75.5.